The van der Waals surface area contributed by atoms with E-state index in [9.17, 15) is 9.90 Å². The van der Waals surface area contributed by atoms with E-state index < -0.39 is 12.1 Å². The van der Waals surface area contributed by atoms with E-state index in [0.717, 1.165) is 5.56 Å². The highest BCUT2D eigenvalue weighted by molar-refractivity contribution is 5.86. The summed E-state index contributed by atoms with van der Waals surface area (Å²) < 4.78 is 21.6. The molecule has 2 N–H and O–H groups in total. The van der Waals surface area contributed by atoms with Crippen molar-refractivity contribution in [3.8, 4) is 11.5 Å². The minimum absolute atomic E-state index is 0.174. The van der Waals surface area contributed by atoms with E-state index in [1.807, 2.05) is 25.2 Å². The lowest BCUT2D eigenvalue weighted by Crippen LogP contribution is -2.37. The molecule has 1 atom stereocenters. The van der Waals surface area contributed by atoms with E-state index in [1.165, 1.54) is 0 Å². The third-order valence-electron chi connectivity index (χ3n) is 4.81. The van der Waals surface area contributed by atoms with Crippen LogP contribution in [0.2, 0.25) is 0 Å². The number of benzene rings is 1. The molecule has 0 amide bonds. The number of aliphatic hydroxyl groups is 1. The molecule has 0 radical (unpaired) electrons. The standard InChI is InChI=1S/C23H34N2O6/c1-6-29-23(27)21-10-8-19(31-21)13-24-12-17-7-9-20(28-5)22(11-17)30-15-18(26)14-25(4)16(2)3/h7-11,16,18,24,26H,6,12-15H2,1-5H3. The molecule has 31 heavy (non-hydrogen) atoms. The van der Waals surface area contributed by atoms with Crippen LogP contribution >= 0.6 is 0 Å². The van der Waals surface area contributed by atoms with Crippen LogP contribution in [-0.4, -0.2) is 62.0 Å². The van der Waals surface area contributed by atoms with Crippen LogP contribution in [-0.2, 0) is 17.8 Å². The molecular formula is C23H34N2O6. The van der Waals surface area contributed by atoms with Crippen LogP contribution in [0.3, 0.4) is 0 Å². The molecule has 2 aromatic rings. The molecule has 0 fully saturated rings. The van der Waals surface area contributed by atoms with Crippen LogP contribution in [0, 0.1) is 0 Å². The first-order valence-corrected chi connectivity index (χ1v) is 10.5. The van der Waals surface area contributed by atoms with Gasteiger partial charge >= 0.3 is 5.97 Å². The van der Waals surface area contributed by atoms with E-state index in [4.69, 9.17) is 18.6 Å². The second kappa shape index (κ2) is 12.3. The summed E-state index contributed by atoms with van der Waals surface area (Å²) in [5.74, 6) is 1.56. The van der Waals surface area contributed by atoms with Crippen molar-refractivity contribution >= 4 is 5.97 Å². The Morgan fingerprint density at radius 2 is 1.97 bits per heavy atom. The highest BCUT2D eigenvalue weighted by Gasteiger charge is 2.14. The van der Waals surface area contributed by atoms with Crippen LogP contribution < -0.4 is 14.8 Å². The Hall–Kier alpha value is -2.55. The SMILES string of the molecule is CCOC(=O)c1ccc(CNCc2ccc(OC)c(OCC(O)CN(C)C(C)C)c2)o1. The molecule has 2 rings (SSSR count). The topological polar surface area (TPSA) is 93.4 Å². The maximum Gasteiger partial charge on any atom is 0.374 e. The predicted molar refractivity (Wildman–Crippen MR) is 117 cm³/mol. The number of ether oxygens (including phenoxy) is 3. The molecule has 1 aromatic carbocycles. The summed E-state index contributed by atoms with van der Waals surface area (Å²) >= 11 is 0. The van der Waals surface area contributed by atoms with E-state index in [1.54, 1.807) is 26.2 Å². The number of nitrogens with one attached hydrogen (secondary N) is 1. The van der Waals surface area contributed by atoms with Gasteiger partial charge in [0.05, 0.1) is 20.3 Å². The summed E-state index contributed by atoms with van der Waals surface area (Å²) in [4.78, 5) is 13.7. The van der Waals surface area contributed by atoms with Crippen molar-refractivity contribution in [2.24, 2.45) is 0 Å². The number of hydrogen-bond donors (Lipinski definition) is 2. The quantitative estimate of drug-likeness (QED) is 0.465. The van der Waals surface area contributed by atoms with Gasteiger partial charge in [-0.05, 0) is 57.6 Å². The van der Waals surface area contributed by atoms with Gasteiger partial charge in [-0.3, -0.25) is 0 Å². The largest absolute Gasteiger partial charge is 0.493 e. The molecule has 0 bridgehead atoms. The number of carbonyl (C=O) groups excluding carboxylic acids is 1. The summed E-state index contributed by atoms with van der Waals surface area (Å²) in [5.41, 5.74) is 0.988. The molecule has 1 heterocycles. The highest BCUT2D eigenvalue weighted by Crippen LogP contribution is 2.28. The van der Waals surface area contributed by atoms with Crippen molar-refractivity contribution in [2.45, 2.75) is 46.0 Å². The summed E-state index contributed by atoms with van der Waals surface area (Å²) in [5, 5.41) is 13.5. The van der Waals surface area contributed by atoms with Gasteiger partial charge in [0.1, 0.15) is 18.5 Å². The second-order valence-electron chi connectivity index (χ2n) is 7.57. The van der Waals surface area contributed by atoms with Crippen LogP contribution in [0.15, 0.2) is 34.7 Å². The zero-order chi connectivity index (χ0) is 22.8. The van der Waals surface area contributed by atoms with Crippen molar-refractivity contribution < 1.29 is 28.5 Å². The Kier molecular flexibility index (Phi) is 9.84. The first kappa shape index (κ1) is 24.7. The fourth-order valence-electron chi connectivity index (χ4n) is 2.84. The minimum atomic E-state index is -0.605. The number of nitrogens with zero attached hydrogens (tertiary/aromatic N) is 1. The number of methoxy groups -OCH3 is 1. The van der Waals surface area contributed by atoms with Crippen LogP contribution in [0.4, 0.5) is 0 Å². The Bertz CT molecular complexity index is 820. The molecule has 0 spiro atoms. The number of aliphatic hydroxyl groups excluding tert-OH is 1. The van der Waals surface area contributed by atoms with Crippen LogP contribution in [0.1, 0.15) is 42.6 Å². The minimum Gasteiger partial charge on any atom is -0.493 e. The average Bonchev–Trinajstić information content (AvgIpc) is 3.21. The van der Waals surface area contributed by atoms with Crippen LogP contribution in [0.25, 0.3) is 0 Å². The summed E-state index contributed by atoms with van der Waals surface area (Å²) in [6.45, 7) is 7.93. The second-order valence-corrected chi connectivity index (χ2v) is 7.57. The molecule has 1 aromatic heterocycles. The fourth-order valence-corrected chi connectivity index (χ4v) is 2.84. The number of rotatable bonds is 13. The maximum absolute atomic E-state index is 11.7. The summed E-state index contributed by atoms with van der Waals surface area (Å²) in [6, 6.07) is 9.37. The first-order valence-electron chi connectivity index (χ1n) is 10.5. The molecule has 0 aliphatic carbocycles. The highest BCUT2D eigenvalue weighted by atomic mass is 16.5. The number of furan rings is 1. The molecule has 0 saturated carbocycles. The van der Waals surface area contributed by atoms with Gasteiger partial charge in [-0.1, -0.05) is 6.07 Å². The lowest BCUT2D eigenvalue weighted by molar-refractivity contribution is 0.0488. The number of carbonyl (C=O) groups is 1. The summed E-state index contributed by atoms with van der Waals surface area (Å²) in [6.07, 6.45) is -0.605. The van der Waals surface area contributed by atoms with Gasteiger partial charge in [-0.25, -0.2) is 4.79 Å². The van der Waals surface area contributed by atoms with E-state index in [0.29, 0.717) is 49.5 Å². The average molecular weight is 435 g/mol. The van der Waals surface area contributed by atoms with Gasteiger partial charge in [-0.2, -0.15) is 0 Å². The Labute approximate surface area is 184 Å². The molecule has 0 aliphatic rings. The number of esters is 1. The molecule has 8 heteroatoms. The van der Waals surface area contributed by atoms with Crippen molar-refractivity contribution in [1.82, 2.24) is 10.2 Å². The molecule has 0 saturated heterocycles. The third kappa shape index (κ3) is 7.90. The molecule has 8 nitrogen and oxygen atoms in total. The van der Waals surface area contributed by atoms with E-state index in [-0.39, 0.29) is 12.4 Å². The molecule has 0 aliphatic heterocycles. The smallest absolute Gasteiger partial charge is 0.374 e. The zero-order valence-corrected chi connectivity index (χ0v) is 19.0. The third-order valence-corrected chi connectivity index (χ3v) is 4.81. The summed E-state index contributed by atoms with van der Waals surface area (Å²) in [7, 11) is 3.55. The lowest BCUT2D eigenvalue weighted by atomic mass is 10.2. The molecule has 172 valence electrons. The van der Waals surface area contributed by atoms with Gasteiger partial charge in [-0.15, -0.1) is 0 Å². The van der Waals surface area contributed by atoms with Gasteiger partial charge < -0.3 is 34.0 Å². The van der Waals surface area contributed by atoms with Crippen LogP contribution in [0.5, 0.6) is 11.5 Å². The van der Waals surface area contributed by atoms with E-state index in [2.05, 4.69) is 24.1 Å². The normalized spacial score (nSPS) is 12.3. The van der Waals surface area contributed by atoms with Gasteiger partial charge in [0, 0.05) is 19.1 Å². The fraction of sp³-hybridized carbons (Fsp3) is 0.522. The predicted octanol–water partition coefficient (Wildman–Crippen LogP) is 2.83. The molecular weight excluding hydrogens is 400 g/mol. The Balaban J connectivity index is 1.89. The Morgan fingerprint density at radius 1 is 1.19 bits per heavy atom. The Morgan fingerprint density at radius 3 is 2.65 bits per heavy atom. The van der Waals surface area contributed by atoms with Gasteiger partial charge in [0.15, 0.2) is 11.5 Å². The van der Waals surface area contributed by atoms with Gasteiger partial charge in [0.25, 0.3) is 0 Å². The lowest BCUT2D eigenvalue weighted by Gasteiger charge is -2.24. The zero-order valence-electron chi connectivity index (χ0n) is 19.0. The first-order chi connectivity index (χ1) is 14.8. The number of likely N-dealkylation sites (N-methyl/N-ethyl adjacent to an activating group) is 1. The maximum atomic E-state index is 11.7. The van der Waals surface area contributed by atoms with Crippen molar-refractivity contribution in [3.05, 3.63) is 47.4 Å². The van der Waals surface area contributed by atoms with E-state index >= 15 is 0 Å². The van der Waals surface area contributed by atoms with Crippen molar-refractivity contribution in [3.63, 3.8) is 0 Å². The van der Waals surface area contributed by atoms with Gasteiger partial charge in [0.2, 0.25) is 5.76 Å². The van der Waals surface area contributed by atoms with Crippen molar-refractivity contribution in [2.75, 3.05) is 33.9 Å². The molecule has 1 unspecified atom stereocenters. The number of hydrogen-bond acceptors (Lipinski definition) is 8. The monoisotopic (exact) mass is 434 g/mol. The van der Waals surface area contributed by atoms with Crippen molar-refractivity contribution in [1.29, 1.82) is 0 Å².